The molecule has 1 N–H and O–H groups in total. The SMILES string of the molecule is Cc1csc(/C(C#N)=C/Nc2cccc(S(=O)(=O)N(C)C)c2)n1. The highest BCUT2D eigenvalue weighted by atomic mass is 32.2. The predicted octanol–water partition coefficient (Wildman–Crippen LogP) is 2.68. The summed E-state index contributed by atoms with van der Waals surface area (Å²) in [4.78, 5) is 4.44. The van der Waals surface area contributed by atoms with Crippen molar-refractivity contribution in [3.8, 4) is 6.07 Å². The first-order valence-corrected chi connectivity index (χ1v) is 8.98. The lowest BCUT2D eigenvalue weighted by atomic mass is 10.3. The zero-order valence-corrected chi connectivity index (χ0v) is 14.6. The maximum atomic E-state index is 12.1. The molecular weight excluding hydrogens is 332 g/mol. The summed E-state index contributed by atoms with van der Waals surface area (Å²) in [6.45, 7) is 1.86. The van der Waals surface area contributed by atoms with Crippen LogP contribution >= 0.6 is 11.3 Å². The number of allylic oxidation sites excluding steroid dienone is 1. The van der Waals surface area contributed by atoms with E-state index in [4.69, 9.17) is 0 Å². The van der Waals surface area contributed by atoms with Crippen LogP contribution in [0.25, 0.3) is 5.57 Å². The number of nitrogens with one attached hydrogen (secondary N) is 1. The lowest BCUT2D eigenvalue weighted by Crippen LogP contribution is -2.22. The Hall–Kier alpha value is -2.21. The second-order valence-corrected chi connectivity index (χ2v) is 7.93. The minimum Gasteiger partial charge on any atom is -0.360 e. The molecule has 0 bridgehead atoms. The second kappa shape index (κ2) is 6.91. The molecule has 6 nitrogen and oxygen atoms in total. The minimum atomic E-state index is -3.50. The van der Waals surface area contributed by atoms with Crippen molar-refractivity contribution in [3.63, 3.8) is 0 Å². The van der Waals surface area contributed by atoms with Gasteiger partial charge in [0.1, 0.15) is 16.6 Å². The van der Waals surface area contributed by atoms with E-state index in [-0.39, 0.29) is 4.90 Å². The van der Waals surface area contributed by atoms with Crippen molar-refractivity contribution >= 4 is 32.6 Å². The van der Waals surface area contributed by atoms with Crippen LogP contribution in [0.4, 0.5) is 5.69 Å². The third-order valence-corrected chi connectivity index (χ3v) is 5.77. The fraction of sp³-hybridized carbons (Fsp3) is 0.200. The van der Waals surface area contributed by atoms with Crippen LogP contribution in [-0.2, 0) is 10.0 Å². The third-order valence-electron chi connectivity index (χ3n) is 2.97. The second-order valence-electron chi connectivity index (χ2n) is 4.92. The fourth-order valence-corrected chi connectivity index (χ4v) is 3.44. The van der Waals surface area contributed by atoms with Crippen molar-refractivity contribution < 1.29 is 8.42 Å². The van der Waals surface area contributed by atoms with Gasteiger partial charge >= 0.3 is 0 Å². The summed E-state index contributed by atoms with van der Waals surface area (Å²) in [5.74, 6) is 0. The van der Waals surface area contributed by atoms with Crippen molar-refractivity contribution in [2.45, 2.75) is 11.8 Å². The fourth-order valence-electron chi connectivity index (χ4n) is 1.73. The highest BCUT2D eigenvalue weighted by Crippen LogP contribution is 2.21. The number of sulfonamides is 1. The van der Waals surface area contributed by atoms with Gasteiger partial charge in [-0.05, 0) is 25.1 Å². The lowest BCUT2D eigenvalue weighted by molar-refractivity contribution is 0.521. The molecular formula is C15H16N4O2S2. The summed E-state index contributed by atoms with van der Waals surface area (Å²) in [7, 11) is -0.535. The summed E-state index contributed by atoms with van der Waals surface area (Å²) in [6.07, 6.45) is 1.53. The van der Waals surface area contributed by atoms with Gasteiger partial charge in [0, 0.05) is 37.1 Å². The molecule has 0 fully saturated rings. The van der Waals surface area contributed by atoms with Gasteiger partial charge in [-0.25, -0.2) is 17.7 Å². The standard InChI is InChI=1S/C15H16N4O2S2/c1-11-10-22-15(18-11)12(8-16)9-17-13-5-4-6-14(7-13)23(20,21)19(2)3/h4-7,9-10,17H,1-3H3/b12-9+. The van der Waals surface area contributed by atoms with Gasteiger partial charge in [-0.1, -0.05) is 6.07 Å². The number of aryl methyl sites for hydroxylation is 1. The smallest absolute Gasteiger partial charge is 0.242 e. The first kappa shape index (κ1) is 17.1. The first-order chi connectivity index (χ1) is 10.8. The Balaban J connectivity index is 2.27. The molecule has 0 saturated carbocycles. The van der Waals surface area contributed by atoms with Crippen LogP contribution in [0.2, 0.25) is 0 Å². The van der Waals surface area contributed by atoms with Crippen molar-refractivity contribution in [1.29, 1.82) is 5.26 Å². The normalized spacial score (nSPS) is 12.2. The Morgan fingerprint density at radius 2 is 2.17 bits per heavy atom. The average molecular weight is 348 g/mol. The van der Waals surface area contributed by atoms with Gasteiger partial charge in [0.2, 0.25) is 10.0 Å². The van der Waals surface area contributed by atoms with Gasteiger partial charge in [-0.2, -0.15) is 5.26 Å². The molecule has 120 valence electrons. The van der Waals surface area contributed by atoms with Gasteiger partial charge in [0.25, 0.3) is 0 Å². The molecule has 0 aliphatic carbocycles. The number of hydrogen-bond donors (Lipinski definition) is 1. The molecule has 8 heteroatoms. The zero-order chi connectivity index (χ0) is 17.0. The summed E-state index contributed by atoms with van der Waals surface area (Å²) in [5, 5.41) is 14.7. The number of benzene rings is 1. The number of nitrogens with zero attached hydrogens (tertiary/aromatic N) is 3. The number of rotatable bonds is 5. The van der Waals surface area contributed by atoms with Crippen LogP contribution in [-0.4, -0.2) is 31.8 Å². The van der Waals surface area contributed by atoms with Gasteiger partial charge in [-0.15, -0.1) is 11.3 Å². The quantitative estimate of drug-likeness (QED) is 0.840. The maximum absolute atomic E-state index is 12.1. The van der Waals surface area contributed by atoms with Crippen LogP contribution in [0.3, 0.4) is 0 Å². The first-order valence-electron chi connectivity index (χ1n) is 6.66. The van der Waals surface area contributed by atoms with E-state index in [1.54, 1.807) is 12.1 Å². The highest BCUT2D eigenvalue weighted by molar-refractivity contribution is 7.89. The number of anilines is 1. The van der Waals surface area contributed by atoms with E-state index in [0.29, 0.717) is 16.3 Å². The van der Waals surface area contributed by atoms with Gasteiger partial charge in [0.15, 0.2) is 0 Å². The number of nitriles is 1. The molecule has 23 heavy (non-hydrogen) atoms. The average Bonchev–Trinajstić information content (AvgIpc) is 2.94. The van der Waals surface area contributed by atoms with Crippen LogP contribution in [0.1, 0.15) is 10.7 Å². The number of aromatic nitrogens is 1. The minimum absolute atomic E-state index is 0.185. The predicted molar refractivity (Wildman–Crippen MR) is 91.4 cm³/mol. The Morgan fingerprint density at radius 1 is 1.43 bits per heavy atom. The molecule has 0 saturated heterocycles. The highest BCUT2D eigenvalue weighted by Gasteiger charge is 2.17. The van der Waals surface area contributed by atoms with Gasteiger partial charge < -0.3 is 5.32 Å². The van der Waals surface area contributed by atoms with Crippen molar-refractivity contribution in [3.05, 3.63) is 46.5 Å². The van der Waals surface area contributed by atoms with Crippen LogP contribution < -0.4 is 5.32 Å². The Kier molecular flexibility index (Phi) is 5.15. The van der Waals surface area contributed by atoms with Gasteiger partial charge in [-0.3, -0.25) is 0 Å². The van der Waals surface area contributed by atoms with Gasteiger partial charge in [0.05, 0.1) is 4.90 Å². The van der Waals surface area contributed by atoms with E-state index in [9.17, 15) is 13.7 Å². The van der Waals surface area contributed by atoms with Crippen molar-refractivity contribution in [2.75, 3.05) is 19.4 Å². The summed E-state index contributed by atoms with van der Waals surface area (Å²) in [5.41, 5.74) is 1.82. The van der Waals surface area contributed by atoms with Crippen molar-refractivity contribution in [2.24, 2.45) is 0 Å². The molecule has 2 rings (SSSR count). The molecule has 0 spiro atoms. The van der Waals surface area contributed by atoms with E-state index in [1.165, 1.54) is 43.8 Å². The van der Waals surface area contributed by atoms with Crippen molar-refractivity contribution in [1.82, 2.24) is 9.29 Å². The summed E-state index contributed by atoms with van der Waals surface area (Å²) in [6, 6.07) is 8.51. The van der Waals surface area contributed by atoms with E-state index in [1.807, 2.05) is 12.3 Å². The molecule has 2 aromatic rings. The Labute approximate surface area is 139 Å². The molecule has 1 heterocycles. The molecule has 0 radical (unpaired) electrons. The van der Waals surface area contributed by atoms with Crippen LogP contribution in [0.15, 0.2) is 40.7 Å². The lowest BCUT2D eigenvalue weighted by Gasteiger charge is -2.12. The van der Waals surface area contributed by atoms with E-state index in [2.05, 4.69) is 16.4 Å². The van der Waals surface area contributed by atoms with E-state index in [0.717, 1.165) is 10.00 Å². The molecule has 0 atom stereocenters. The molecule has 1 aromatic heterocycles. The maximum Gasteiger partial charge on any atom is 0.242 e. The topological polar surface area (TPSA) is 86.1 Å². The molecule has 1 aromatic carbocycles. The molecule has 0 amide bonds. The molecule has 0 unspecified atom stereocenters. The Bertz CT molecular complexity index is 877. The monoisotopic (exact) mass is 348 g/mol. The van der Waals surface area contributed by atoms with Crippen LogP contribution in [0.5, 0.6) is 0 Å². The molecule has 0 aliphatic rings. The summed E-state index contributed by atoms with van der Waals surface area (Å²) >= 11 is 1.38. The Morgan fingerprint density at radius 3 is 2.74 bits per heavy atom. The third kappa shape index (κ3) is 3.96. The number of hydrogen-bond acceptors (Lipinski definition) is 6. The van der Waals surface area contributed by atoms with Crippen LogP contribution in [0, 0.1) is 18.3 Å². The zero-order valence-electron chi connectivity index (χ0n) is 12.9. The largest absolute Gasteiger partial charge is 0.360 e. The van der Waals surface area contributed by atoms with E-state index >= 15 is 0 Å². The summed E-state index contributed by atoms with van der Waals surface area (Å²) < 4.78 is 25.4. The van der Waals surface area contributed by atoms with E-state index < -0.39 is 10.0 Å². The number of thiazole rings is 1. The molecule has 0 aliphatic heterocycles.